The summed E-state index contributed by atoms with van der Waals surface area (Å²) >= 11 is 0. The van der Waals surface area contributed by atoms with Crippen molar-refractivity contribution in [3.05, 3.63) is 66.5 Å². The van der Waals surface area contributed by atoms with Crippen LogP contribution >= 0.6 is 0 Å². The van der Waals surface area contributed by atoms with Gasteiger partial charge in [-0.2, -0.15) is 0 Å². The van der Waals surface area contributed by atoms with Crippen molar-refractivity contribution >= 4 is 0 Å². The second-order valence-corrected chi connectivity index (χ2v) is 5.30. The van der Waals surface area contributed by atoms with Gasteiger partial charge in [0.05, 0.1) is 0 Å². The minimum atomic E-state index is 0.709. The molecule has 2 aromatic carbocycles. The maximum Gasteiger partial charge on any atom is 0.163 e. The van der Waals surface area contributed by atoms with Crippen LogP contribution in [0.1, 0.15) is 25.3 Å². The van der Waals surface area contributed by atoms with Gasteiger partial charge in [0.15, 0.2) is 11.6 Å². The van der Waals surface area contributed by atoms with Crippen molar-refractivity contribution in [3.8, 4) is 22.8 Å². The van der Waals surface area contributed by atoms with Gasteiger partial charge >= 0.3 is 0 Å². The highest BCUT2D eigenvalue weighted by atomic mass is 15.0. The van der Waals surface area contributed by atoms with Crippen molar-refractivity contribution in [2.24, 2.45) is 0 Å². The van der Waals surface area contributed by atoms with Crippen LogP contribution in [-0.4, -0.2) is 15.0 Å². The first-order valence-electron chi connectivity index (χ1n) is 7.70. The number of aryl methyl sites for hydroxylation is 1. The van der Waals surface area contributed by atoms with Gasteiger partial charge in [-0.05, 0) is 18.4 Å². The molecule has 3 aromatic rings. The second kappa shape index (κ2) is 6.94. The molecule has 0 atom stereocenters. The quantitative estimate of drug-likeness (QED) is 0.691. The Morgan fingerprint density at radius 3 is 2.05 bits per heavy atom. The molecule has 22 heavy (non-hydrogen) atoms. The van der Waals surface area contributed by atoms with Crippen molar-refractivity contribution in [3.63, 3.8) is 0 Å². The monoisotopic (exact) mass is 289 g/mol. The predicted molar refractivity (Wildman–Crippen MR) is 89.3 cm³/mol. The molecule has 3 rings (SSSR count). The van der Waals surface area contributed by atoms with E-state index in [2.05, 4.69) is 46.1 Å². The van der Waals surface area contributed by atoms with E-state index in [0.29, 0.717) is 5.82 Å². The van der Waals surface area contributed by atoms with Crippen LogP contribution in [0.5, 0.6) is 0 Å². The number of nitrogens with zero attached hydrogens (tertiary/aromatic N) is 3. The fourth-order valence-corrected chi connectivity index (χ4v) is 2.36. The number of rotatable bonds is 5. The predicted octanol–water partition coefficient (Wildman–Crippen LogP) is 4.55. The van der Waals surface area contributed by atoms with Gasteiger partial charge in [-0.15, -0.1) is 0 Å². The minimum Gasteiger partial charge on any atom is -0.217 e. The van der Waals surface area contributed by atoms with Crippen LogP contribution in [0.25, 0.3) is 22.8 Å². The van der Waals surface area contributed by atoms with Crippen LogP contribution in [0.2, 0.25) is 0 Å². The fraction of sp³-hybridized carbons (Fsp3) is 0.211. The summed E-state index contributed by atoms with van der Waals surface area (Å²) in [6.07, 6.45) is 5.15. The molecule has 0 unspecified atom stereocenters. The van der Waals surface area contributed by atoms with Gasteiger partial charge in [0.2, 0.25) is 0 Å². The number of aromatic nitrogens is 3. The fourth-order valence-electron chi connectivity index (χ4n) is 2.36. The molecule has 3 heteroatoms. The van der Waals surface area contributed by atoms with Crippen molar-refractivity contribution in [2.45, 2.75) is 26.2 Å². The number of hydrogen-bond acceptors (Lipinski definition) is 3. The van der Waals surface area contributed by atoms with E-state index < -0.39 is 0 Å². The molecule has 1 heterocycles. The molecule has 0 radical (unpaired) electrons. The van der Waals surface area contributed by atoms with E-state index in [9.17, 15) is 0 Å². The Kier molecular flexibility index (Phi) is 4.54. The largest absolute Gasteiger partial charge is 0.217 e. The molecule has 0 fully saturated rings. The molecule has 0 aliphatic carbocycles. The van der Waals surface area contributed by atoms with Crippen LogP contribution in [0.15, 0.2) is 60.9 Å². The van der Waals surface area contributed by atoms with Crippen LogP contribution in [0, 0.1) is 0 Å². The standard InChI is InChI=1S/C19H19N3/c1-2-3-7-15-10-12-17(13-11-15)19-21-14-20-18(22-19)16-8-5-4-6-9-16/h4-6,8-14H,2-3,7H2,1H3. The maximum atomic E-state index is 4.58. The molecule has 0 saturated heterocycles. The number of unbranched alkanes of at least 4 members (excludes halogenated alkanes) is 1. The summed E-state index contributed by atoms with van der Waals surface area (Å²) in [5.41, 5.74) is 3.40. The SMILES string of the molecule is CCCCc1ccc(-c2ncnc(-c3ccccc3)n2)cc1. The minimum absolute atomic E-state index is 0.709. The van der Waals surface area contributed by atoms with Crippen LogP contribution in [-0.2, 0) is 6.42 Å². The summed E-state index contributed by atoms with van der Waals surface area (Å²) in [7, 11) is 0. The van der Waals surface area contributed by atoms with Gasteiger partial charge in [-0.25, -0.2) is 15.0 Å². The molecular weight excluding hydrogens is 270 g/mol. The molecule has 3 nitrogen and oxygen atoms in total. The molecule has 110 valence electrons. The van der Waals surface area contributed by atoms with Gasteiger partial charge in [-0.1, -0.05) is 67.9 Å². The lowest BCUT2D eigenvalue weighted by molar-refractivity contribution is 0.795. The van der Waals surface area contributed by atoms with Crippen LogP contribution in [0.3, 0.4) is 0 Å². The topological polar surface area (TPSA) is 38.7 Å². The van der Waals surface area contributed by atoms with Crippen molar-refractivity contribution < 1.29 is 0 Å². The van der Waals surface area contributed by atoms with Crippen molar-refractivity contribution in [2.75, 3.05) is 0 Å². The third kappa shape index (κ3) is 3.37. The van der Waals surface area contributed by atoms with Gasteiger partial charge in [0, 0.05) is 11.1 Å². The third-order valence-electron chi connectivity index (χ3n) is 3.63. The van der Waals surface area contributed by atoms with Gasteiger partial charge in [0.1, 0.15) is 6.33 Å². The van der Waals surface area contributed by atoms with Gasteiger partial charge < -0.3 is 0 Å². The molecule has 0 spiro atoms. The maximum absolute atomic E-state index is 4.58. The lowest BCUT2D eigenvalue weighted by atomic mass is 10.1. The third-order valence-corrected chi connectivity index (χ3v) is 3.63. The van der Waals surface area contributed by atoms with E-state index in [1.54, 1.807) is 6.33 Å². The summed E-state index contributed by atoms with van der Waals surface area (Å²) in [5.74, 6) is 1.43. The summed E-state index contributed by atoms with van der Waals surface area (Å²) < 4.78 is 0. The Morgan fingerprint density at radius 2 is 1.41 bits per heavy atom. The number of benzene rings is 2. The molecule has 0 aliphatic heterocycles. The second-order valence-electron chi connectivity index (χ2n) is 5.30. The molecular formula is C19H19N3. The first-order chi connectivity index (χ1) is 10.9. The summed E-state index contributed by atoms with van der Waals surface area (Å²) in [5, 5.41) is 0. The smallest absolute Gasteiger partial charge is 0.163 e. The Morgan fingerprint density at radius 1 is 0.773 bits per heavy atom. The highest BCUT2D eigenvalue weighted by Gasteiger charge is 2.05. The lowest BCUT2D eigenvalue weighted by Gasteiger charge is -2.05. The summed E-state index contributed by atoms with van der Waals surface area (Å²) in [6.45, 7) is 2.21. The zero-order chi connectivity index (χ0) is 15.2. The van der Waals surface area contributed by atoms with Crippen molar-refractivity contribution in [1.29, 1.82) is 0 Å². The summed E-state index contributed by atoms with van der Waals surface area (Å²) in [4.78, 5) is 13.2. The Balaban J connectivity index is 1.86. The molecule has 0 N–H and O–H groups in total. The average Bonchev–Trinajstić information content (AvgIpc) is 2.61. The molecule has 0 aliphatic rings. The Hall–Kier alpha value is -2.55. The van der Waals surface area contributed by atoms with Crippen molar-refractivity contribution in [1.82, 2.24) is 15.0 Å². The summed E-state index contributed by atoms with van der Waals surface area (Å²) in [6, 6.07) is 18.5. The van der Waals surface area contributed by atoms with E-state index in [-0.39, 0.29) is 0 Å². The molecule has 0 amide bonds. The van der Waals surface area contributed by atoms with E-state index in [4.69, 9.17) is 0 Å². The first kappa shape index (κ1) is 14.4. The van der Waals surface area contributed by atoms with Gasteiger partial charge in [-0.3, -0.25) is 0 Å². The average molecular weight is 289 g/mol. The van der Waals surface area contributed by atoms with Gasteiger partial charge in [0.25, 0.3) is 0 Å². The van der Waals surface area contributed by atoms with Crippen LogP contribution in [0.4, 0.5) is 0 Å². The molecule has 0 saturated carbocycles. The van der Waals surface area contributed by atoms with E-state index in [1.807, 2.05) is 30.3 Å². The lowest BCUT2D eigenvalue weighted by Crippen LogP contribution is -1.95. The first-order valence-corrected chi connectivity index (χ1v) is 7.70. The zero-order valence-corrected chi connectivity index (χ0v) is 12.7. The number of hydrogen-bond donors (Lipinski definition) is 0. The van der Waals surface area contributed by atoms with Crippen LogP contribution < -0.4 is 0 Å². The Bertz CT molecular complexity index is 721. The Labute approximate surface area is 131 Å². The zero-order valence-electron chi connectivity index (χ0n) is 12.7. The van der Waals surface area contributed by atoms with E-state index in [1.165, 1.54) is 18.4 Å². The highest BCUT2D eigenvalue weighted by molar-refractivity contribution is 5.60. The normalized spacial score (nSPS) is 10.6. The van der Waals surface area contributed by atoms with E-state index in [0.717, 1.165) is 23.4 Å². The molecule has 0 bridgehead atoms. The highest BCUT2D eigenvalue weighted by Crippen LogP contribution is 2.19. The molecule has 1 aromatic heterocycles. The van der Waals surface area contributed by atoms with E-state index >= 15 is 0 Å².